The Morgan fingerprint density at radius 1 is 1.36 bits per heavy atom. The summed E-state index contributed by atoms with van der Waals surface area (Å²) >= 11 is 0. The molecule has 14 heavy (non-hydrogen) atoms. The second-order valence-electron chi connectivity index (χ2n) is 2.90. The fourth-order valence-electron chi connectivity index (χ4n) is 1.17. The van der Waals surface area contributed by atoms with E-state index in [4.69, 9.17) is 4.74 Å². The zero-order valence-electron chi connectivity index (χ0n) is 7.59. The summed E-state index contributed by atoms with van der Waals surface area (Å²) in [6.45, 7) is 1.26. The van der Waals surface area contributed by atoms with E-state index < -0.39 is 0 Å². The third-order valence-electron chi connectivity index (χ3n) is 1.87. The molecule has 2 rings (SSSR count). The Balaban J connectivity index is 1.98. The monoisotopic (exact) mass is 190 g/mol. The number of nitrogens with zero attached hydrogens (tertiary/aromatic N) is 2. The van der Waals surface area contributed by atoms with Crippen LogP contribution < -0.4 is 4.74 Å². The second kappa shape index (κ2) is 3.91. The smallest absolute Gasteiger partial charge is 0.410 e. The Kier molecular flexibility index (Phi) is 2.44. The number of carbonyl (C=O) groups is 1. The maximum Gasteiger partial charge on any atom is 0.420 e. The van der Waals surface area contributed by atoms with Crippen LogP contribution in [-0.2, 0) is 0 Å². The van der Waals surface area contributed by atoms with Crippen LogP contribution in [0.25, 0.3) is 0 Å². The maximum absolute atomic E-state index is 11.4. The van der Waals surface area contributed by atoms with Gasteiger partial charge in [-0.15, -0.1) is 0 Å². The van der Waals surface area contributed by atoms with Crippen molar-refractivity contribution >= 4 is 12.4 Å². The van der Waals surface area contributed by atoms with Crippen LogP contribution in [0.2, 0.25) is 0 Å². The molecule has 0 atom stereocenters. The van der Waals surface area contributed by atoms with Crippen LogP contribution in [0.5, 0.6) is 5.75 Å². The number of aliphatic imine (C=N–C) groups is 1. The first kappa shape index (κ1) is 8.74. The predicted molar refractivity (Wildman–Crippen MR) is 52.5 cm³/mol. The van der Waals surface area contributed by atoms with Crippen molar-refractivity contribution in [1.82, 2.24) is 4.90 Å². The Bertz CT molecular complexity index is 348. The molecule has 0 spiro atoms. The van der Waals surface area contributed by atoms with Crippen molar-refractivity contribution in [3.05, 3.63) is 30.3 Å². The highest BCUT2D eigenvalue weighted by Crippen LogP contribution is 2.10. The number of ether oxygens (including phenoxy) is 1. The first-order valence-corrected chi connectivity index (χ1v) is 4.40. The molecule has 1 aliphatic rings. The van der Waals surface area contributed by atoms with E-state index in [1.807, 2.05) is 18.2 Å². The van der Waals surface area contributed by atoms with Gasteiger partial charge in [0.2, 0.25) is 0 Å². The average molecular weight is 190 g/mol. The largest absolute Gasteiger partial charge is 0.420 e. The standard InChI is InChI=1S/C10H10N2O2/c13-10(12-7-6-11-8-12)14-9-4-2-1-3-5-9/h1-5,8H,6-7H2. The van der Waals surface area contributed by atoms with Gasteiger partial charge in [-0.05, 0) is 12.1 Å². The van der Waals surface area contributed by atoms with Gasteiger partial charge in [0.05, 0.1) is 12.9 Å². The molecule has 0 bridgehead atoms. The number of carbonyl (C=O) groups excluding carboxylic acids is 1. The number of hydrogen-bond acceptors (Lipinski definition) is 3. The second-order valence-corrected chi connectivity index (χ2v) is 2.90. The van der Waals surface area contributed by atoms with Crippen molar-refractivity contribution in [1.29, 1.82) is 0 Å². The molecule has 1 aromatic rings. The highest BCUT2D eigenvalue weighted by molar-refractivity contribution is 5.84. The molecule has 0 fully saturated rings. The molecule has 0 saturated carbocycles. The number of para-hydroxylation sites is 1. The van der Waals surface area contributed by atoms with Crippen LogP contribution >= 0.6 is 0 Å². The lowest BCUT2D eigenvalue weighted by atomic mass is 10.3. The van der Waals surface area contributed by atoms with Crippen molar-refractivity contribution in [2.45, 2.75) is 0 Å². The molecule has 4 nitrogen and oxygen atoms in total. The van der Waals surface area contributed by atoms with E-state index in [2.05, 4.69) is 4.99 Å². The van der Waals surface area contributed by atoms with Gasteiger partial charge in [0, 0.05) is 6.54 Å². The summed E-state index contributed by atoms with van der Waals surface area (Å²) in [5.41, 5.74) is 0. The van der Waals surface area contributed by atoms with E-state index >= 15 is 0 Å². The van der Waals surface area contributed by atoms with Crippen molar-refractivity contribution < 1.29 is 9.53 Å². The molecule has 1 aliphatic heterocycles. The van der Waals surface area contributed by atoms with Crippen LogP contribution in [0.3, 0.4) is 0 Å². The van der Waals surface area contributed by atoms with E-state index in [0.29, 0.717) is 18.8 Å². The highest BCUT2D eigenvalue weighted by Gasteiger charge is 2.16. The minimum atomic E-state index is -0.377. The zero-order chi connectivity index (χ0) is 9.80. The van der Waals surface area contributed by atoms with Crippen LogP contribution in [0.1, 0.15) is 0 Å². The molecular weight excluding hydrogens is 180 g/mol. The van der Waals surface area contributed by atoms with E-state index in [1.54, 1.807) is 12.1 Å². The molecule has 0 radical (unpaired) electrons. The van der Waals surface area contributed by atoms with Gasteiger partial charge in [0.1, 0.15) is 5.75 Å². The van der Waals surface area contributed by atoms with Gasteiger partial charge in [0.25, 0.3) is 0 Å². The average Bonchev–Trinajstić information content (AvgIpc) is 2.72. The lowest BCUT2D eigenvalue weighted by molar-refractivity contribution is 0.180. The van der Waals surface area contributed by atoms with Crippen molar-refractivity contribution in [2.24, 2.45) is 4.99 Å². The van der Waals surface area contributed by atoms with E-state index in [9.17, 15) is 4.79 Å². The van der Waals surface area contributed by atoms with Crippen molar-refractivity contribution in [3.63, 3.8) is 0 Å². The summed E-state index contributed by atoms with van der Waals surface area (Å²) < 4.78 is 5.09. The molecule has 0 N–H and O–H groups in total. The topological polar surface area (TPSA) is 41.9 Å². The molecule has 4 heteroatoms. The first-order valence-electron chi connectivity index (χ1n) is 4.40. The Labute approximate surface area is 81.8 Å². The van der Waals surface area contributed by atoms with Crippen LogP contribution in [0.15, 0.2) is 35.3 Å². The van der Waals surface area contributed by atoms with Crippen LogP contribution in [0.4, 0.5) is 4.79 Å². The Morgan fingerprint density at radius 3 is 2.79 bits per heavy atom. The minimum Gasteiger partial charge on any atom is -0.410 e. The molecular formula is C10H10N2O2. The minimum absolute atomic E-state index is 0.377. The molecule has 0 unspecified atom stereocenters. The van der Waals surface area contributed by atoms with Crippen LogP contribution in [-0.4, -0.2) is 30.4 Å². The van der Waals surface area contributed by atoms with E-state index in [0.717, 1.165) is 0 Å². The van der Waals surface area contributed by atoms with Crippen molar-refractivity contribution in [2.75, 3.05) is 13.1 Å². The van der Waals surface area contributed by atoms with Crippen molar-refractivity contribution in [3.8, 4) is 5.75 Å². The number of hydrogen-bond donors (Lipinski definition) is 0. The molecule has 1 heterocycles. The van der Waals surface area contributed by atoms with Gasteiger partial charge >= 0.3 is 6.09 Å². The lowest BCUT2D eigenvalue weighted by Crippen LogP contribution is -2.30. The van der Waals surface area contributed by atoms with E-state index in [-0.39, 0.29) is 6.09 Å². The summed E-state index contributed by atoms with van der Waals surface area (Å²) in [5, 5.41) is 0. The molecule has 1 aromatic carbocycles. The predicted octanol–water partition coefficient (Wildman–Crippen LogP) is 1.53. The highest BCUT2D eigenvalue weighted by atomic mass is 16.6. The van der Waals surface area contributed by atoms with Gasteiger partial charge in [-0.2, -0.15) is 0 Å². The Hall–Kier alpha value is -1.84. The van der Waals surface area contributed by atoms with Crippen LogP contribution in [0, 0.1) is 0 Å². The number of amides is 1. The fourth-order valence-corrected chi connectivity index (χ4v) is 1.17. The number of benzene rings is 1. The van der Waals surface area contributed by atoms with E-state index in [1.165, 1.54) is 11.2 Å². The third kappa shape index (κ3) is 1.90. The zero-order valence-corrected chi connectivity index (χ0v) is 7.59. The third-order valence-corrected chi connectivity index (χ3v) is 1.87. The molecule has 0 aromatic heterocycles. The van der Waals surface area contributed by atoms with Gasteiger partial charge < -0.3 is 4.74 Å². The summed E-state index contributed by atoms with van der Waals surface area (Å²) in [6, 6.07) is 8.99. The normalized spacial score (nSPS) is 14.4. The maximum atomic E-state index is 11.4. The summed E-state index contributed by atoms with van der Waals surface area (Å²) in [5.74, 6) is 0.554. The SMILES string of the molecule is O=C(Oc1ccccc1)N1C=NCC1. The molecule has 0 saturated heterocycles. The summed E-state index contributed by atoms with van der Waals surface area (Å²) in [4.78, 5) is 16.8. The quantitative estimate of drug-likeness (QED) is 0.673. The fraction of sp³-hybridized carbons (Fsp3) is 0.200. The van der Waals surface area contributed by atoms with Gasteiger partial charge in [-0.3, -0.25) is 9.89 Å². The molecule has 0 aliphatic carbocycles. The Morgan fingerprint density at radius 2 is 2.14 bits per heavy atom. The number of rotatable bonds is 1. The first-order chi connectivity index (χ1) is 6.86. The van der Waals surface area contributed by atoms with Gasteiger partial charge in [-0.25, -0.2) is 4.79 Å². The lowest BCUT2D eigenvalue weighted by Gasteiger charge is -2.11. The molecule has 72 valence electrons. The summed E-state index contributed by atoms with van der Waals surface area (Å²) in [6.07, 6.45) is 1.13. The van der Waals surface area contributed by atoms with Gasteiger partial charge in [0.15, 0.2) is 0 Å². The van der Waals surface area contributed by atoms with Gasteiger partial charge in [-0.1, -0.05) is 18.2 Å². The molecule has 1 amide bonds. The summed E-state index contributed by atoms with van der Waals surface area (Å²) in [7, 11) is 0.